The quantitative estimate of drug-likeness (QED) is 0.235. The summed E-state index contributed by atoms with van der Waals surface area (Å²) in [5, 5.41) is 14.2. The fourth-order valence-corrected chi connectivity index (χ4v) is 6.03. The first-order valence-electron chi connectivity index (χ1n) is 14.5. The molecule has 0 bridgehead atoms. The van der Waals surface area contributed by atoms with Crippen LogP contribution in [-0.2, 0) is 13.0 Å². The molecular weight excluding hydrogens is 512 g/mol. The van der Waals surface area contributed by atoms with Crippen LogP contribution in [0.15, 0.2) is 89.7 Å². The summed E-state index contributed by atoms with van der Waals surface area (Å²) >= 11 is 0. The number of nitrogens with one attached hydrogen (secondary N) is 1. The monoisotopic (exact) mass is 548 g/mol. The molecular formula is C33H36N6O2. The standard InChI is InChI=1S/C33H36N6O2/c1-41-28-17-18-30-26(21-28)22-29(33(40)34-30)31(32-35-36-37-39(32)27-15-9-4-10-16-27)38(23-25-13-7-3-8-14-25)20-19-24-11-5-2-6-12-24/h2-3,5-8,11-14,17-18,21-22,27,31H,4,9-10,15-16,19-20,23H2,1H3,(H,34,40). The summed E-state index contributed by atoms with van der Waals surface area (Å²) in [6, 6.07) is 28.3. The molecule has 1 unspecified atom stereocenters. The van der Waals surface area contributed by atoms with Gasteiger partial charge in [-0.15, -0.1) is 5.10 Å². The Morgan fingerprint density at radius 2 is 1.68 bits per heavy atom. The Labute approximate surface area is 240 Å². The van der Waals surface area contributed by atoms with Gasteiger partial charge in [0.2, 0.25) is 0 Å². The van der Waals surface area contributed by atoms with E-state index in [1.807, 2.05) is 41.1 Å². The highest BCUT2D eigenvalue weighted by molar-refractivity contribution is 5.80. The number of fused-ring (bicyclic) bond motifs is 1. The first kappa shape index (κ1) is 26.9. The van der Waals surface area contributed by atoms with Crippen molar-refractivity contribution in [1.29, 1.82) is 0 Å². The maximum Gasteiger partial charge on any atom is 0.253 e. The number of ether oxygens (including phenoxy) is 1. The molecule has 0 radical (unpaired) electrons. The van der Waals surface area contributed by atoms with Gasteiger partial charge in [0.25, 0.3) is 5.56 Å². The topological polar surface area (TPSA) is 88.9 Å². The molecule has 41 heavy (non-hydrogen) atoms. The first-order valence-corrected chi connectivity index (χ1v) is 14.5. The van der Waals surface area contributed by atoms with Gasteiger partial charge in [-0.1, -0.05) is 79.9 Å². The summed E-state index contributed by atoms with van der Waals surface area (Å²) in [4.78, 5) is 19.3. The molecule has 1 aliphatic rings. The van der Waals surface area contributed by atoms with E-state index in [0.29, 0.717) is 17.9 Å². The van der Waals surface area contributed by atoms with E-state index in [1.54, 1.807) is 7.11 Å². The van der Waals surface area contributed by atoms with Crippen molar-refractivity contribution in [3.05, 3.63) is 118 Å². The number of H-pyrrole nitrogens is 1. The van der Waals surface area contributed by atoms with Gasteiger partial charge in [-0.25, -0.2) is 4.68 Å². The van der Waals surface area contributed by atoms with Crippen LogP contribution in [0.25, 0.3) is 10.9 Å². The molecule has 0 amide bonds. The zero-order valence-corrected chi connectivity index (χ0v) is 23.4. The summed E-state index contributed by atoms with van der Waals surface area (Å²) in [5.74, 6) is 1.46. The number of benzene rings is 3. The number of tetrazole rings is 1. The Morgan fingerprint density at radius 1 is 0.951 bits per heavy atom. The molecule has 0 aliphatic heterocycles. The third-order valence-corrected chi connectivity index (χ3v) is 8.18. The average Bonchev–Trinajstić information content (AvgIpc) is 3.51. The number of aromatic amines is 1. The Balaban J connectivity index is 1.49. The van der Waals surface area contributed by atoms with Gasteiger partial charge in [-0.2, -0.15) is 0 Å². The lowest BCUT2D eigenvalue weighted by Gasteiger charge is -2.32. The van der Waals surface area contributed by atoms with Crippen molar-refractivity contribution in [2.45, 2.75) is 57.2 Å². The minimum Gasteiger partial charge on any atom is -0.497 e. The SMILES string of the molecule is COc1ccc2[nH]c(=O)c(C(c3nnnn3C3CCCCC3)N(CCc3ccccc3)Cc3ccccc3)cc2c1. The summed E-state index contributed by atoms with van der Waals surface area (Å²) in [7, 11) is 1.65. The highest BCUT2D eigenvalue weighted by Gasteiger charge is 2.33. The van der Waals surface area contributed by atoms with Gasteiger partial charge in [-0.05, 0) is 65.1 Å². The van der Waals surface area contributed by atoms with Crippen LogP contribution >= 0.6 is 0 Å². The van der Waals surface area contributed by atoms with E-state index in [2.05, 4.69) is 73.9 Å². The largest absolute Gasteiger partial charge is 0.497 e. The number of pyridine rings is 1. The van der Waals surface area contributed by atoms with Gasteiger partial charge in [0, 0.05) is 29.6 Å². The van der Waals surface area contributed by atoms with E-state index in [0.717, 1.165) is 55.3 Å². The van der Waals surface area contributed by atoms with Crippen molar-refractivity contribution < 1.29 is 4.74 Å². The van der Waals surface area contributed by atoms with Crippen LogP contribution in [0.3, 0.4) is 0 Å². The molecule has 3 aromatic carbocycles. The number of aromatic nitrogens is 5. The predicted octanol–water partition coefficient (Wildman–Crippen LogP) is 5.86. The van der Waals surface area contributed by atoms with Crippen LogP contribution in [0, 0.1) is 0 Å². The number of hydrogen-bond donors (Lipinski definition) is 1. The van der Waals surface area contributed by atoms with Crippen LogP contribution < -0.4 is 10.3 Å². The van der Waals surface area contributed by atoms with E-state index >= 15 is 0 Å². The van der Waals surface area contributed by atoms with E-state index < -0.39 is 6.04 Å². The highest BCUT2D eigenvalue weighted by Crippen LogP contribution is 2.34. The molecule has 0 spiro atoms. The second-order valence-electron chi connectivity index (χ2n) is 10.9. The fraction of sp³-hybridized carbons (Fsp3) is 0.333. The smallest absolute Gasteiger partial charge is 0.253 e. The molecule has 2 aromatic heterocycles. The van der Waals surface area contributed by atoms with Crippen molar-refractivity contribution in [2.24, 2.45) is 0 Å². The number of hydrogen-bond acceptors (Lipinski definition) is 6. The Hall–Kier alpha value is -4.30. The Bertz CT molecular complexity index is 1630. The number of rotatable bonds is 10. The van der Waals surface area contributed by atoms with Crippen molar-refractivity contribution >= 4 is 10.9 Å². The molecule has 1 aliphatic carbocycles. The van der Waals surface area contributed by atoms with Gasteiger partial charge in [-0.3, -0.25) is 9.69 Å². The predicted molar refractivity (Wildman–Crippen MR) is 160 cm³/mol. The lowest BCUT2D eigenvalue weighted by molar-refractivity contribution is 0.197. The minimum atomic E-state index is -0.449. The van der Waals surface area contributed by atoms with Gasteiger partial charge in [0.1, 0.15) is 11.8 Å². The molecule has 1 fully saturated rings. The summed E-state index contributed by atoms with van der Waals surface area (Å²) < 4.78 is 7.50. The number of methoxy groups -OCH3 is 1. The zero-order valence-electron chi connectivity index (χ0n) is 23.4. The lowest BCUT2D eigenvalue weighted by Crippen LogP contribution is -2.37. The average molecular weight is 549 g/mol. The van der Waals surface area contributed by atoms with E-state index in [4.69, 9.17) is 4.74 Å². The van der Waals surface area contributed by atoms with Gasteiger partial charge in [0.15, 0.2) is 5.82 Å². The summed E-state index contributed by atoms with van der Waals surface area (Å²) in [5.41, 5.74) is 3.67. The van der Waals surface area contributed by atoms with E-state index in [1.165, 1.54) is 17.5 Å². The zero-order chi connectivity index (χ0) is 28.0. The van der Waals surface area contributed by atoms with Gasteiger partial charge < -0.3 is 9.72 Å². The van der Waals surface area contributed by atoms with Crippen LogP contribution in [0.1, 0.15) is 66.7 Å². The normalized spacial score (nSPS) is 14.9. The fourth-order valence-electron chi connectivity index (χ4n) is 6.03. The maximum atomic E-state index is 13.9. The molecule has 1 N–H and O–H groups in total. The van der Waals surface area contributed by atoms with Crippen LogP contribution in [-0.4, -0.2) is 43.7 Å². The molecule has 2 heterocycles. The molecule has 8 nitrogen and oxygen atoms in total. The third-order valence-electron chi connectivity index (χ3n) is 8.18. The third kappa shape index (κ3) is 6.07. The molecule has 6 rings (SSSR count). The molecule has 210 valence electrons. The molecule has 0 saturated heterocycles. The lowest BCUT2D eigenvalue weighted by atomic mass is 9.95. The molecule has 5 aromatic rings. The minimum absolute atomic E-state index is 0.136. The second kappa shape index (κ2) is 12.5. The molecule has 8 heteroatoms. The molecule has 1 saturated carbocycles. The van der Waals surface area contributed by atoms with Crippen molar-refractivity contribution in [3.63, 3.8) is 0 Å². The number of nitrogens with zero attached hydrogens (tertiary/aromatic N) is 5. The maximum absolute atomic E-state index is 13.9. The van der Waals surface area contributed by atoms with Crippen molar-refractivity contribution in [3.8, 4) is 5.75 Å². The van der Waals surface area contributed by atoms with Gasteiger partial charge in [0.05, 0.1) is 13.2 Å². The van der Waals surface area contributed by atoms with E-state index in [9.17, 15) is 4.79 Å². The Morgan fingerprint density at radius 3 is 2.41 bits per heavy atom. The van der Waals surface area contributed by atoms with Crippen LogP contribution in [0.2, 0.25) is 0 Å². The van der Waals surface area contributed by atoms with E-state index in [-0.39, 0.29) is 11.6 Å². The Kier molecular flexibility index (Phi) is 8.18. The van der Waals surface area contributed by atoms with Crippen LogP contribution in [0.5, 0.6) is 5.75 Å². The summed E-state index contributed by atoms with van der Waals surface area (Å²) in [6.45, 7) is 1.36. The summed E-state index contributed by atoms with van der Waals surface area (Å²) in [6.07, 6.45) is 6.46. The van der Waals surface area contributed by atoms with Crippen molar-refractivity contribution in [1.82, 2.24) is 30.1 Å². The van der Waals surface area contributed by atoms with Crippen LogP contribution in [0.4, 0.5) is 0 Å². The molecule has 1 atom stereocenters. The highest BCUT2D eigenvalue weighted by atomic mass is 16.5. The second-order valence-corrected chi connectivity index (χ2v) is 10.9. The van der Waals surface area contributed by atoms with Gasteiger partial charge >= 0.3 is 0 Å². The van der Waals surface area contributed by atoms with Crippen molar-refractivity contribution in [2.75, 3.05) is 13.7 Å². The first-order chi connectivity index (χ1) is 20.2.